The van der Waals surface area contributed by atoms with Gasteiger partial charge in [-0.05, 0) is 44.9 Å². The Morgan fingerprint density at radius 3 is 2.93 bits per heavy atom. The lowest BCUT2D eigenvalue weighted by Crippen LogP contribution is -2.28. The first-order valence-corrected chi connectivity index (χ1v) is 5.69. The number of hydrogen-bond acceptors (Lipinski definition) is 2. The van der Waals surface area contributed by atoms with Gasteiger partial charge >= 0.3 is 0 Å². The van der Waals surface area contributed by atoms with Crippen LogP contribution >= 0.6 is 0 Å². The number of hydrogen-bond donors (Lipinski definition) is 1. The van der Waals surface area contributed by atoms with Gasteiger partial charge in [-0.1, -0.05) is 17.7 Å². The molecule has 0 spiro atoms. The predicted molar refractivity (Wildman–Crippen MR) is 62.4 cm³/mol. The Kier molecular flexibility index (Phi) is 3.27. The third-order valence-electron chi connectivity index (χ3n) is 2.93. The first kappa shape index (κ1) is 10.5. The summed E-state index contributed by atoms with van der Waals surface area (Å²) in [6, 6.07) is 6.88. The molecule has 0 aromatic heterocycles. The van der Waals surface area contributed by atoms with Crippen LogP contribution in [0.1, 0.15) is 24.0 Å². The van der Waals surface area contributed by atoms with Crippen molar-refractivity contribution in [2.24, 2.45) is 0 Å². The molecule has 82 valence electrons. The molecule has 1 aromatic rings. The molecular weight excluding hydrogens is 186 g/mol. The van der Waals surface area contributed by atoms with Crippen molar-refractivity contribution in [3.63, 3.8) is 0 Å². The molecule has 1 aliphatic heterocycles. The molecule has 0 amide bonds. The lowest BCUT2D eigenvalue weighted by Gasteiger charge is -2.14. The van der Waals surface area contributed by atoms with Gasteiger partial charge in [-0.3, -0.25) is 0 Å². The molecule has 1 heterocycles. The summed E-state index contributed by atoms with van der Waals surface area (Å²) in [7, 11) is 0. The molecule has 1 aromatic carbocycles. The fourth-order valence-corrected chi connectivity index (χ4v) is 2.05. The summed E-state index contributed by atoms with van der Waals surface area (Å²) < 4.78 is 5.81. The Labute approximate surface area is 91.6 Å². The van der Waals surface area contributed by atoms with Gasteiger partial charge in [-0.2, -0.15) is 0 Å². The number of ether oxygens (including phenoxy) is 1. The van der Waals surface area contributed by atoms with E-state index < -0.39 is 0 Å². The Hall–Kier alpha value is -1.02. The third-order valence-corrected chi connectivity index (χ3v) is 2.93. The van der Waals surface area contributed by atoms with Crippen molar-refractivity contribution in [1.82, 2.24) is 5.32 Å². The smallest absolute Gasteiger partial charge is 0.122 e. The van der Waals surface area contributed by atoms with E-state index in [1.807, 2.05) is 0 Å². The maximum atomic E-state index is 5.81. The molecule has 2 rings (SSSR count). The van der Waals surface area contributed by atoms with Crippen LogP contribution in [0.2, 0.25) is 0 Å². The highest BCUT2D eigenvalue weighted by Crippen LogP contribution is 2.19. The summed E-state index contributed by atoms with van der Waals surface area (Å²) in [6.07, 6.45) is 2.52. The lowest BCUT2D eigenvalue weighted by atomic mass is 10.1. The fourth-order valence-electron chi connectivity index (χ4n) is 2.05. The number of nitrogens with one attached hydrogen (secondary N) is 1. The second-order valence-electron chi connectivity index (χ2n) is 4.37. The molecule has 15 heavy (non-hydrogen) atoms. The van der Waals surface area contributed by atoms with E-state index in [-0.39, 0.29) is 0 Å². The van der Waals surface area contributed by atoms with E-state index in [2.05, 4.69) is 37.4 Å². The molecule has 0 aliphatic carbocycles. The molecule has 0 unspecified atom stereocenters. The van der Waals surface area contributed by atoms with Crippen LogP contribution in [0.25, 0.3) is 0 Å². The molecule has 1 saturated heterocycles. The van der Waals surface area contributed by atoms with Gasteiger partial charge in [-0.25, -0.2) is 0 Å². The zero-order valence-electron chi connectivity index (χ0n) is 9.55. The van der Waals surface area contributed by atoms with Crippen molar-refractivity contribution in [2.45, 2.75) is 32.7 Å². The molecule has 2 heteroatoms. The SMILES string of the molecule is Cc1ccc(OC[C@@H]2CCCN2)c(C)c1. The lowest BCUT2D eigenvalue weighted by molar-refractivity contribution is 0.275. The van der Waals surface area contributed by atoms with Crippen LogP contribution in [0, 0.1) is 13.8 Å². The summed E-state index contributed by atoms with van der Waals surface area (Å²) in [5.74, 6) is 1.02. The predicted octanol–water partition coefficient (Wildman–Crippen LogP) is 2.43. The van der Waals surface area contributed by atoms with Gasteiger partial charge in [0, 0.05) is 6.04 Å². The molecule has 2 nitrogen and oxygen atoms in total. The number of benzene rings is 1. The molecule has 1 fully saturated rings. The van der Waals surface area contributed by atoms with Crippen molar-refractivity contribution < 1.29 is 4.74 Å². The Bertz CT molecular complexity index is 329. The van der Waals surface area contributed by atoms with Crippen molar-refractivity contribution in [3.8, 4) is 5.75 Å². The van der Waals surface area contributed by atoms with Gasteiger partial charge in [0.1, 0.15) is 12.4 Å². The highest BCUT2D eigenvalue weighted by Gasteiger charge is 2.14. The highest BCUT2D eigenvalue weighted by atomic mass is 16.5. The topological polar surface area (TPSA) is 21.3 Å². The molecule has 1 N–H and O–H groups in total. The highest BCUT2D eigenvalue weighted by molar-refractivity contribution is 5.35. The second kappa shape index (κ2) is 4.67. The monoisotopic (exact) mass is 205 g/mol. The first-order valence-electron chi connectivity index (χ1n) is 5.69. The molecule has 0 radical (unpaired) electrons. The van der Waals surface area contributed by atoms with Crippen molar-refractivity contribution >= 4 is 0 Å². The summed E-state index contributed by atoms with van der Waals surface area (Å²) in [5.41, 5.74) is 2.52. The minimum atomic E-state index is 0.547. The minimum Gasteiger partial charge on any atom is -0.492 e. The Balaban J connectivity index is 1.92. The summed E-state index contributed by atoms with van der Waals surface area (Å²) >= 11 is 0. The largest absolute Gasteiger partial charge is 0.492 e. The van der Waals surface area contributed by atoms with Crippen molar-refractivity contribution in [3.05, 3.63) is 29.3 Å². The van der Waals surface area contributed by atoms with E-state index in [1.54, 1.807) is 0 Å². The third kappa shape index (κ3) is 2.72. The van der Waals surface area contributed by atoms with E-state index >= 15 is 0 Å². The average molecular weight is 205 g/mol. The summed E-state index contributed by atoms with van der Waals surface area (Å²) in [4.78, 5) is 0. The zero-order chi connectivity index (χ0) is 10.7. The second-order valence-corrected chi connectivity index (χ2v) is 4.37. The molecule has 0 saturated carbocycles. The first-order chi connectivity index (χ1) is 7.25. The van der Waals surface area contributed by atoms with Crippen LogP contribution in [0.5, 0.6) is 5.75 Å². The van der Waals surface area contributed by atoms with E-state index in [4.69, 9.17) is 4.74 Å². The molecule has 1 atom stereocenters. The number of aryl methyl sites for hydroxylation is 2. The number of rotatable bonds is 3. The van der Waals surface area contributed by atoms with Crippen LogP contribution in [-0.4, -0.2) is 19.2 Å². The van der Waals surface area contributed by atoms with Gasteiger partial charge in [0.2, 0.25) is 0 Å². The van der Waals surface area contributed by atoms with E-state index in [0.29, 0.717) is 6.04 Å². The zero-order valence-corrected chi connectivity index (χ0v) is 9.55. The van der Waals surface area contributed by atoms with E-state index in [9.17, 15) is 0 Å². The van der Waals surface area contributed by atoms with Gasteiger partial charge < -0.3 is 10.1 Å². The van der Waals surface area contributed by atoms with Crippen molar-refractivity contribution in [1.29, 1.82) is 0 Å². The van der Waals surface area contributed by atoms with Crippen LogP contribution in [-0.2, 0) is 0 Å². The van der Waals surface area contributed by atoms with E-state index in [1.165, 1.54) is 24.0 Å². The Morgan fingerprint density at radius 2 is 2.27 bits per heavy atom. The summed E-state index contributed by atoms with van der Waals surface area (Å²) in [5, 5.41) is 3.43. The quantitative estimate of drug-likeness (QED) is 0.818. The van der Waals surface area contributed by atoms with Crippen LogP contribution < -0.4 is 10.1 Å². The molecular formula is C13H19NO. The normalized spacial score (nSPS) is 20.5. The minimum absolute atomic E-state index is 0.547. The molecule has 1 aliphatic rings. The maximum Gasteiger partial charge on any atom is 0.122 e. The van der Waals surface area contributed by atoms with Crippen LogP contribution in [0.15, 0.2) is 18.2 Å². The fraction of sp³-hybridized carbons (Fsp3) is 0.538. The van der Waals surface area contributed by atoms with Gasteiger partial charge in [0.05, 0.1) is 0 Å². The standard InChI is InChI=1S/C13H19NO/c1-10-5-6-13(11(2)8-10)15-9-12-4-3-7-14-12/h5-6,8,12,14H,3-4,7,9H2,1-2H3/t12-/m0/s1. The van der Waals surface area contributed by atoms with Gasteiger partial charge in [-0.15, -0.1) is 0 Å². The Morgan fingerprint density at radius 1 is 1.40 bits per heavy atom. The maximum absolute atomic E-state index is 5.81. The van der Waals surface area contributed by atoms with Crippen molar-refractivity contribution in [2.75, 3.05) is 13.2 Å². The summed E-state index contributed by atoms with van der Waals surface area (Å²) in [6.45, 7) is 6.14. The molecule has 0 bridgehead atoms. The van der Waals surface area contributed by atoms with Crippen LogP contribution in [0.4, 0.5) is 0 Å². The van der Waals surface area contributed by atoms with Gasteiger partial charge in [0.15, 0.2) is 0 Å². The van der Waals surface area contributed by atoms with Gasteiger partial charge in [0.25, 0.3) is 0 Å². The van der Waals surface area contributed by atoms with E-state index in [0.717, 1.165) is 18.9 Å². The van der Waals surface area contributed by atoms with Crippen LogP contribution in [0.3, 0.4) is 0 Å². The average Bonchev–Trinajstić information content (AvgIpc) is 2.69.